The van der Waals surface area contributed by atoms with Crippen molar-refractivity contribution in [2.75, 3.05) is 7.05 Å². The molecule has 1 aromatic carbocycles. The predicted octanol–water partition coefficient (Wildman–Crippen LogP) is 2.67. The SMILES string of the molecule is Cc1cc(Br)c(S(=O)(=O)N(C)C(C)C/C(N)=N/O)cc1Br. The molecule has 1 unspecified atom stereocenters. The molecule has 0 aliphatic rings. The predicted molar refractivity (Wildman–Crippen MR) is 89.0 cm³/mol. The normalized spacial score (nSPS) is 14.5. The zero-order valence-corrected chi connectivity index (χ0v) is 15.8. The van der Waals surface area contributed by atoms with Crippen molar-refractivity contribution in [3.8, 4) is 0 Å². The van der Waals surface area contributed by atoms with E-state index < -0.39 is 16.1 Å². The Balaban J connectivity index is 3.19. The molecule has 1 aromatic rings. The standard InChI is InChI=1S/C12H17Br2N3O3S/c1-7-4-10(14)11(6-9(7)13)21(19,20)17(3)8(2)5-12(15)16-18/h4,6,8,18H,5H2,1-3H3,(H2,15,16). The number of halogens is 2. The quantitative estimate of drug-likeness (QED) is 0.317. The van der Waals surface area contributed by atoms with Crippen LogP contribution >= 0.6 is 31.9 Å². The molecule has 1 rings (SSSR count). The third kappa shape index (κ3) is 4.18. The van der Waals surface area contributed by atoms with Crippen LogP contribution in [0, 0.1) is 6.92 Å². The van der Waals surface area contributed by atoms with Crippen molar-refractivity contribution in [3.05, 3.63) is 26.6 Å². The van der Waals surface area contributed by atoms with E-state index >= 15 is 0 Å². The van der Waals surface area contributed by atoms with Gasteiger partial charge in [-0.15, -0.1) is 0 Å². The van der Waals surface area contributed by atoms with E-state index in [-0.39, 0.29) is 17.2 Å². The van der Waals surface area contributed by atoms with Crippen molar-refractivity contribution in [3.63, 3.8) is 0 Å². The van der Waals surface area contributed by atoms with E-state index in [2.05, 4.69) is 37.0 Å². The first-order valence-electron chi connectivity index (χ1n) is 6.01. The summed E-state index contributed by atoms with van der Waals surface area (Å²) in [5.41, 5.74) is 6.35. The highest BCUT2D eigenvalue weighted by Gasteiger charge is 2.28. The Labute approximate surface area is 141 Å². The van der Waals surface area contributed by atoms with Crippen molar-refractivity contribution in [1.29, 1.82) is 0 Å². The summed E-state index contributed by atoms with van der Waals surface area (Å²) in [5, 5.41) is 11.4. The average Bonchev–Trinajstić information content (AvgIpc) is 2.41. The van der Waals surface area contributed by atoms with Crippen molar-refractivity contribution >= 4 is 47.7 Å². The van der Waals surface area contributed by atoms with E-state index in [9.17, 15) is 8.42 Å². The lowest BCUT2D eigenvalue weighted by molar-refractivity contribution is 0.313. The van der Waals surface area contributed by atoms with Gasteiger partial charge in [0, 0.05) is 28.5 Å². The lowest BCUT2D eigenvalue weighted by Gasteiger charge is -2.24. The van der Waals surface area contributed by atoms with Gasteiger partial charge < -0.3 is 10.9 Å². The molecule has 0 amide bonds. The minimum absolute atomic E-state index is 0.0197. The van der Waals surface area contributed by atoms with Crippen LogP contribution in [0.1, 0.15) is 18.9 Å². The molecule has 21 heavy (non-hydrogen) atoms. The molecule has 0 fully saturated rings. The highest BCUT2D eigenvalue weighted by Crippen LogP contribution is 2.31. The fraction of sp³-hybridized carbons (Fsp3) is 0.417. The van der Waals surface area contributed by atoms with Crippen molar-refractivity contribution < 1.29 is 13.6 Å². The second-order valence-corrected chi connectivity index (χ2v) is 8.37. The number of sulfonamides is 1. The maximum atomic E-state index is 12.7. The van der Waals surface area contributed by atoms with Crippen LogP contribution in [0.2, 0.25) is 0 Å². The maximum absolute atomic E-state index is 12.7. The van der Waals surface area contributed by atoms with Crippen LogP contribution in [0.5, 0.6) is 0 Å². The Morgan fingerprint density at radius 3 is 2.52 bits per heavy atom. The van der Waals surface area contributed by atoms with Crippen LogP contribution in [0.15, 0.2) is 31.1 Å². The molecule has 9 heteroatoms. The fourth-order valence-corrected chi connectivity index (χ4v) is 4.69. The fourth-order valence-electron chi connectivity index (χ4n) is 1.69. The molecule has 0 radical (unpaired) electrons. The lowest BCUT2D eigenvalue weighted by atomic mass is 10.2. The Bertz CT molecular complexity index is 662. The summed E-state index contributed by atoms with van der Waals surface area (Å²) in [6.07, 6.45) is 0.136. The van der Waals surface area contributed by atoms with E-state index in [4.69, 9.17) is 10.9 Å². The van der Waals surface area contributed by atoms with Gasteiger partial charge in [-0.2, -0.15) is 4.31 Å². The van der Waals surface area contributed by atoms with Gasteiger partial charge in [-0.3, -0.25) is 0 Å². The van der Waals surface area contributed by atoms with Gasteiger partial charge in [0.25, 0.3) is 0 Å². The van der Waals surface area contributed by atoms with Crippen molar-refractivity contribution in [2.45, 2.75) is 31.2 Å². The van der Waals surface area contributed by atoms with Gasteiger partial charge in [0.05, 0.1) is 4.90 Å². The Kier molecular flexibility index (Phi) is 6.21. The number of benzene rings is 1. The van der Waals surface area contributed by atoms with E-state index in [0.717, 1.165) is 5.56 Å². The summed E-state index contributed by atoms with van der Waals surface area (Å²) in [4.78, 5) is 0.161. The van der Waals surface area contributed by atoms with E-state index in [1.54, 1.807) is 19.1 Å². The number of oxime groups is 1. The Hall–Kier alpha value is -0.640. The van der Waals surface area contributed by atoms with Crippen LogP contribution in [0.4, 0.5) is 0 Å². The van der Waals surface area contributed by atoms with E-state index in [1.165, 1.54) is 11.4 Å². The number of hydrogen-bond acceptors (Lipinski definition) is 4. The van der Waals surface area contributed by atoms with Gasteiger partial charge in [-0.25, -0.2) is 8.42 Å². The van der Waals surface area contributed by atoms with Crippen LogP contribution in [-0.4, -0.2) is 36.9 Å². The van der Waals surface area contributed by atoms with E-state index in [0.29, 0.717) is 8.95 Å². The van der Waals surface area contributed by atoms with Crippen molar-refractivity contribution in [2.24, 2.45) is 10.9 Å². The first-order chi connectivity index (χ1) is 9.61. The van der Waals surface area contributed by atoms with Gasteiger partial charge >= 0.3 is 0 Å². The van der Waals surface area contributed by atoms with Crippen molar-refractivity contribution in [1.82, 2.24) is 4.31 Å². The minimum atomic E-state index is -3.70. The third-order valence-corrected chi connectivity index (χ3v) is 6.91. The summed E-state index contributed by atoms with van der Waals surface area (Å²) in [7, 11) is -2.23. The highest BCUT2D eigenvalue weighted by molar-refractivity contribution is 9.11. The molecule has 3 N–H and O–H groups in total. The topological polar surface area (TPSA) is 96.0 Å². The maximum Gasteiger partial charge on any atom is 0.244 e. The number of rotatable bonds is 5. The number of aryl methyl sites for hydroxylation is 1. The molecule has 0 saturated carbocycles. The molecule has 0 aromatic heterocycles. The molecule has 6 nitrogen and oxygen atoms in total. The monoisotopic (exact) mass is 441 g/mol. The summed E-state index contributed by atoms with van der Waals surface area (Å²) >= 11 is 6.62. The highest BCUT2D eigenvalue weighted by atomic mass is 79.9. The molecule has 0 spiro atoms. The third-order valence-electron chi connectivity index (χ3n) is 3.12. The number of amidine groups is 1. The molecule has 0 heterocycles. The van der Waals surface area contributed by atoms with Gasteiger partial charge in [0.1, 0.15) is 5.84 Å². The minimum Gasteiger partial charge on any atom is -0.409 e. The second-order valence-electron chi connectivity index (χ2n) is 4.70. The molecule has 118 valence electrons. The summed E-state index contributed by atoms with van der Waals surface area (Å²) < 4.78 is 27.7. The van der Waals surface area contributed by atoms with Crippen LogP contribution in [0.3, 0.4) is 0 Å². The lowest BCUT2D eigenvalue weighted by Crippen LogP contribution is -2.38. The number of nitrogens with two attached hydrogens (primary N) is 1. The summed E-state index contributed by atoms with van der Waals surface area (Å²) in [6, 6.07) is 2.85. The summed E-state index contributed by atoms with van der Waals surface area (Å²) in [5.74, 6) is -0.0197. The molecule has 0 aliphatic carbocycles. The first-order valence-corrected chi connectivity index (χ1v) is 9.04. The zero-order chi connectivity index (χ0) is 16.4. The van der Waals surface area contributed by atoms with Gasteiger partial charge in [-0.05, 0) is 47.5 Å². The van der Waals surface area contributed by atoms with Gasteiger partial charge in [0.2, 0.25) is 10.0 Å². The average molecular weight is 443 g/mol. The molecular formula is C12H17Br2N3O3S. The van der Waals surface area contributed by atoms with E-state index in [1.807, 2.05) is 6.92 Å². The summed E-state index contributed by atoms with van der Waals surface area (Å²) in [6.45, 7) is 3.56. The second kappa shape index (κ2) is 7.08. The molecule has 1 atom stereocenters. The molecule has 0 aliphatic heterocycles. The van der Waals surface area contributed by atoms with Gasteiger partial charge in [-0.1, -0.05) is 21.1 Å². The van der Waals surface area contributed by atoms with Gasteiger partial charge in [0.15, 0.2) is 0 Å². The molecule has 0 saturated heterocycles. The van der Waals surface area contributed by atoms with Crippen LogP contribution in [0.25, 0.3) is 0 Å². The largest absolute Gasteiger partial charge is 0.409 e. The Morgan fingerprint density at radius 2 is 2.00 bits per heavy atom. The molecular weight excluding hydrogens is 426 g/mol. The smallest absolute Gasteiger partial charge is 0.244 e. The van der Waals surface area contributed by atoms with Crippen LogP contribution < -0.4 is 5.73 Å². The number of nitrogens with zero attached hydrogens (tertiary/aromatic N) is 2. The molecule has 0 bridgehead atoms. The first kappa shape index (κ1) is 18.4. The zero-order valence-electron chi connectivity index (χ0n) is 11.8. The van der Waals surface area contributed by atoms with Crippen LogP contribution in [-0.2, 0) is 10.0 Å². The number of hydrogen-bond donors (Lipinski definition) is 2. The Morgan fingerprint density at radius 1 is 1.43 bits per heavy atom.